The second-order valence-electron chi connectivity index (χ2n) is 22.0. The van der Waals surface area contributed by atoms with Gasteiger partial charge in [-0.2, -0.15) is 0 Å². The number of aliphatic hydroxyl groups excluding tert-OH is 3. The standard InChI is InChI=1S/C58H82N12O17/c1-4-31(2)46-57(85)70-26-12-18-44(70)56(84)69-25-11-17-43(69)54(82)63-39(23-24-45(60)75)50(78)62-37(49(77)65-41(58(86)87)28-34-19-21-35(74)22-20-34)15-9-6-10-16-38(61-48(76)36(59)29-71)51(79)68-47(32(3)73)55(83)64-40(27-33-13-7-5-8-14-33)52(80)66-42(30-72)53(81)67-46/h5-9,13-14,19-22,31-32,36-44,46-47,71-74H,4,10-12,15-18,23-30,59H2,1-3H3,(H2,60,75)(H,61,76)(H,62,78)(H,63,82)(H,64,83)(H,65,77)(H,66,80)(H,67,81)(H,68,79)(H,86,87)/b9-6-/t31-,32-,36+,37-,38-,39-,40-,41-,42-,43-,44-,46-,47-/m0/s1. The van der Waals surface area contributed by atoms with E-state index in [0.29, 0.717) is 30.4 Å². The summed E-state index contributed by atoms with van der Waals surface area (Å²) in [5, 5.41) is 71.1. The molecule has 2 saturated heterocycles. The molecule has 3 aliphatic rings. The first-order chi connectivity index (χ1) is 41.4. The first-order valence-electron chi connectivity index (χ1n) is 29.0. The van der Waals surface area contributed by atoms with Crippen LogP contribution in [-0.4, -0.2) is 205 Å². The molecule has 29 heteroatoms. The van der Waals surface area contributed by atoms with E-state index in [0.717, 1.165) is 6.92 Å². The van der Waals surface area contributed by atoms with Gasteiger partial charge >= 0.3 is 5.97 Å². The number of rotatable bonds is 17. The van der Waals surface area contributed by atoms with Gasteiger partial charge < -0.3 is 89.3 Å². The number of phenols is 1. The Morgan fingerprint density at radius 3 is 1.90 bits per heavy atom. The van der Waals surface area contributed by atoms with Crippen LogP contribution in [0.3, 0.4) is 0 Å². The number of carbonyl (C=O) groups is 12. The van der Waals surface area contributed by atoms with Crippen LogP contribution in [0.1, 0.15) is 96.1 Å². The molecule has 0 aromatic heterocycles. The zero-order chi connectivity index (χ0) is 64.1. The lowest BCUT2D eigenvalue weighted by atomic mass is 9.96. The van der Waals surface area contributed by atoms with Gasteiger partial charge in [-0.15, -0.1) is 0 Å². The molecule has 17 N–H and O–H groups in total. The number of allylic oxidation sites excluding steroid dienone is 1. The van der Waals surface area contributed by atoms with E-state index >= 15 is 0 Å². The van der Waals surface area contributed by atoms with Crippen molar-refractivity contribution < 1.29 is 83.1 Å². The van der Waals surface area contributed by atoms with Gasteiger partial charge in [0.15, 0.2) is 0 Å². The van der Waals surface area contributed by atoms with Crippen LogP contribution in [-0.2, 0) is 70.4 Å². The number of primary amides is 1. The number of carboxylic acid groups (broad SMARTS) is 1. The molecule has 2 aromatic rings. The summed E-state index contributed by atoms with van der Waals surface area (Å²) in [4.78, 5) is 170. The van der Waals surface area contributed by atoms with Crippen molar-refractivity contribution in [2.45, 2.75) is 170 Å². The van der Waals surface area contributed by atoms with Crippen molar-refractivity contribution in [3.63, 3.8) is 0 Å². The zero-order valence-electron chi connectivity index (χ0n) is 48.9. The predicted octanol–water partition coefficient (Wildman–Crippen LogP) is -4.13. The highest BCUT2D eigenvalue weighted by atomic mass is 16.4. The SMILES string of the molecule is CC[C@H](C)[C@@H]1NC(=O)[C@H](CO)NC(=O)[C@H](Cc2ccccc2)NC(=O)[C@H]([C@H](C)O)NC(=O)[C@@H](NC(=O)[C@H](N)CO)CC/C=C\C[C@@H](C(=O)N[C@@H](Cc2ccc(O)cc2)C(=O)O)NC(=O)[C@H](CCC(N)=O)NC(=O)[C@@H]2CCCN2C(=O)[C@@H]2CCCN2C1=O. The van der Waals surface area contributed by atoms with Crippen molar-refractivity contribution in [3.8, 4) is 5.75 Å². The lowest BCUT2D eigenvalue weighted by molar-refractivity contribution is -0.149. The van der Waals surface area contributed by atoms with Crippen LogP contribution in [0.5, 0.6) is 5.75 Å². The third-order valence-electron chi connectivity index (χ3n) is 15.5. The lowest BCUT2D eigenvalue weighted by Gasteiger charge is -2.35. The van der Waals surface area contributed by atoms with Crippen LogP contribution < -0.4 is 54.0 Å². The molecule has 0 bridgehead atoms. The summed E-state index contributed by atoms with van der Waals surface area (Å²) in [5.41, 5.74) is 12.2. The molecule has 3 heterocycles. The number of carbonyl (C=O) groups excluding carboxylic acids is 11. The highest BCUT2D eigenvalue weighted by molar-refractivity contribution is 5.99. The molecule has 5 rings (SSSR count). The van der Waals surface area contributed by atoms with E-state index in [1.807, 2.05) is 0 Å². The van der Waals surface area contributed by atoms with Crippen molar-refractivity contribution in [1.29, 1.82) is 0 Å². The van der Waals surface area contributed by atoms with Crippen LogP contribution in [0.15, 0.2) is 66.7 Å². The van der Waals surface area contributed by atoms with Gasteiger partial charge in [-0.3, -0.25) is 52.7 Å². The number of phenolic OH excluding ortho intramolecular Hbond substituents is 1. The summed E-state index contributed by atoms with van der Waals surface area (Å²) in [6, 6.07) is -2.97. The first-order valence-corrected chi connectivity index (χ1v) is 29.0. The smallest absolute Gasteiger partial charge is 0.326 e. The Bertz CT molecular complexity index is 2810. The van der Waals surface area contributed by atoms with Crippen molar-refractivity contribution in [1.82, 2.24) is 52.3 Å². The van der Waals surface area contributed by atoms with Gasteiger partial charge in [0.05, 0.1) is 19.3 Å². The second-order valence-corrected chi connectivity index (χ2v) is 22.0. The number of hydrogen-bond acceptors (Lipinski definition) is 17. The van der Waals surface area contributed by atoms with E-state index in [1.165, 1.54) is 46.2 Å². The van der Waals surface area contributed by atoms with Gasteiger partial charge in [0.25, 0.3) is 0 Å². The molecule has 29 nitrogen and oxygen atoms in total. The third kappa shape index (κ3) is 20.0. The van der Waals surface area contributed by atoms with Gasteiger partial charge in [0, 0.05) is 32.4 Å². The Kier molecular flexibility index (Phi) is 26.6. The number of benzene rings is 2. The predicted molar refractivity (Wildman–Crippen MR) is 309 cm³/mol. The number of carboxylic acids is 1. The highest BCUT2D eigenvalue weighted by Gasteiger charge is 2.46. The van der Waals surface area contributed by atoms with E-state index in [1.54, 1.807) is 44.2 Å². The minimum atomic E-state index is -1.84. The molecule has 2 fully saturated rings. The average molecular weight is 1220 g/mol. The van der Waals surface area contributed by atoms with Crippen LogP contribution in [0.4, 0.5) is 0 Å². The number of amides is 11. The normalized spacial score (nSPS) is 26.1. The molecule has 3 aliphatic heterocycles. The summed E-state index contributed by atoms with van der Waals surface area (Å²) in [5.74, 6) is -12.5. The Morgan fingerprint density at radius 2 is 1.29 bits per heavy atom. The molecule has 11 amide bonds. The topological polar surface area (TPSA) is 461 Å². The second kappa shape index (κ2) is 33.4. The average Bonchev–Trinajstić information content (AvgIpc) is 2.22. The fraction of sp³-hybridized carbons (Fsp3) is 0.552. The largest absolute Gasteiger partial charge is 0.508 e. The fourth-order valence-corrected chi connectivity index (χ4v) is 10.3. The number of nitrogens with one attached hydrogen (secondary N) is 8. The maximum atomic E-state index is 14.7. The van der Waals surface area contributed by atoms with Crippen molar-refractivity contribution in [2.75, 3.05) is 26.3 Å². The zero-order valence-corrected chi connectivity index (χ0v) is 48.9. The number of fused-ring (bicyclic) bond motifs is 2. The number of hydrogen-bond donors (Lipinski definition) is 15. The summed E-state index contributed by atoms with van der Waals surface area (Å²) in [6.07, 6.45) is 0.134. The number of aliphatic carboxylic acids is 1. The summed E-state index contributed by atoms with van der Waals surface area (Å²) in [6.45, 7) is 2.83. The van der Waals surface area contributed by atoms with Crippen LogP contribution in [0, 0.1) is 5.92 Å². The monoisotopic (exact) mass is 1220 g/mol. The van der Waals surface area contributed by atoms with Crippen LogP contribution >= 0.6 is 0 Å². The molecule has 0 radical (unpaired) electrons. The van der Waals surface area contributed by atoms with Crippen LogP contribution in [0.25, 0.3) is 0 Å². The molecule has 2 aromatic carbocycles. The highest BCUT2D eigenvalue weighted by Crippen LogP contribution is 2.27. The minimum absolute atomic E-state index is 0.0554. The van der Waals surface area contributed by atoms with Gasteiger partial charge in [-0.25, -0.2) is 4.79 Å². The minimum Gasteiger partial charge on any atom is -0.508 e. The van der Waals surface area contributed by atoms with Crippen molar-refractivity contribution >= 4 is 70.9 Å². The van der Waals surface area contributed by atoms with Crippen molar-refractivity contribution in [3.05, 3.63) is 77.9 Å². The van der Waals surface area contributed by atoms with Gasteiger partial charge in [-0.05, 0) is 87.5 Å². The third-order valence-corrected chi connectivity index (χ3v) is 15.5. The van der Waals surface area contributed by atoms with Gasteiger partial charge in [-0.1, -0.05) is 74.9 Å². The molecule has 13 atom stereocenters. The Morgan fingerprint density at radius 1 is 0.690 bits per heavy atom. The number of nitrogens with two attached hydrogens (primary N) is 2. The molecule has 0 saturated carbocycles. The number of nitrogens with zero attached hydrogens (tertiary/aromatic N) is 2. The Labute approximate surface area is 502 Å². The Hall–Kier alpha value is -8.54. The molecule has 0 unspecified atom stereocenters. The Balaban J connectivity index is 1.57. The first kappa shape index (κ1) is 69.2. The van der Waals surface area contributed by atoms with Gasteiger partial charge in [0.2, 0.25) is 65.0 Å². The quantitative estimate of drug-likeness (QED) is 0.0669. The lowest BCUT2D eigenvalue weighted by Crippen LogP contribution is -2.62. The molecule has 476 valence electrons. The van der Waals surface area contributed by atoms with Gasteiger partial charge in [0.1, 0.15) is 72.2 Å². The maximum Gasteiger partial charge on any atom is 0.326 e. The van der Waals surface area contributed by atoms with E-state index in [9.17, 15) is 83.1 Å². The van der Waals surface area contributed by atoms with E-state index in [-0.39, 0.29) is 57.4 Å². The maximum absolute atomic E-state index is 14.7. The molecule has 0 spiro atoms. The fourth-order valence-electron chi connectivity index (χ4n) is 10.3. The van der Waals surface area contributed by atoms with Crippen molar-refractivity contribution in [2.24, 2.45) is 17.4 Å². The molecular formula is C58H82N12O17. The summed E-state index contributed by atoms with van der Waals surface area (Å²) in [7, 11) is 0. The summed E-state index contributed by atoms with van der Waals surface area (Å²) >= 11 is 0. The van der Waals surface area contributed by atoms with Crippen LogP contribution in [0.2, 0.25) is 0 Å². The molecule has 0 aliphatic carbocycles. The molecule has 87 heavy (non-hydrogen) atoms. The summed E-state index contributed by atoms with van der Waals surface area (Å²) < 4.78 is 0. The number of aliphatic hydroxyl groups is 3. The van der Waals surface area contributed by atoms with E-state index in [2.05, 4.69) is 42.5 Å². The number of aromatic hydroxyl groups is 1. The van der Waals surface area contributed by atoms with E-state index < -0.39 is 182 Å². The molecular weight excluding hydrogens is 1140 g/mol. The van der Waals surface area contributed by atoms with E-state index in [4.69, 9.17) is 11.5 Å².